The first kappa shape index (κ1) is 15.8. The lowest BCUT2D eigenvalue weighted by molar-refractivity contribution is -0.385. The fourth-order valence-electron chi connectivity index (χ4n) is 2.15. The van der Waals surface area contributed by atoms with Gasteiger partial charge in [-0.2, -0.15) is 5.10 Å². The van der Waals surface area contributed by atoms with Crippen molar-refractivity contribution in [1.82, 2.24) is 14.8 Å². The summed E-state index contributed by atoms with van der Waals surface area (Å²) in [6, 6.07) is 9.78. The average molecular weight is 343 g/mol. The molecule has 0 aliphatic heterocycles. The second-order valence-corrected chi connectivity index (χ2v) is 6.00. The van der Waals surface area contributed by atoms with Crippen LogP contribution in [0.15, 0.2) is 42.7 Å². The third-order valence-corrected chi connectivity index (χ3v) is 4.34. The summed E-state index contributed by atoms with van der Waals surface area (Å²) in [5.74, 6) is -0.346. The van der Waals surface area contributed by atoms with Crippen molar-refractivity contribution in [3.63, 3.8) is 0 Å². The molecule has 8 nitrogen and oxygen atoms in total. The van der Waals surface area contributed by atoms with Gasteiger partial charge in [0.1, 0.15) is 18.9 Å². The van der Waals surface area contributed by atoms with Gasteiger partial charge in [-0.3, -0.25) is 19.6 Å². The van der Waals surface area contributed by atoms with Gasteiger partial charge >= 0.3 is 5.69 Å². The minimum absolute atomic E-state index is 0.118. The zero-order valence-corrected chi connectivity index (χ0v) is 13.5. The van der Waals surface area contributed by atoms with Gasteiger partial charge in [-0.25, -0.2) is 4.98 Å². The van der Waals surface area contributed by atoms with E-state index in [-0.39, 0.29) is 18.1 Å². The molecule has 24 heavy (non-hydrogen) atoms. The molecule has 0 bridgehead atoms. The van der Waals surface area contributed by atoms with E-state index in [2.05, 4.69) is 15.4 Å². The molecular weight excluding hydrogens is 330 g/mol. The summed E-state index contributed by atoms with van der Waals surface area (Å²) in [4.78, 5) is 27.4. The summed E-state index contributed by atoms with van der Waals surface area (Å²) in [6.07, 6.45) is 2.32. The normalized spacial score (nSPS) is 10.5. The van der Waals surface area contributed by atoms with Crippen molar-refractivity contribution in [2.75, 3.05) is 5.32 Å². The highest BCUT2D eigenvalue weighted by Gasteiger charge is 2.14. The Morgan fingerprint density at radius 3 is 2.79 bits per heavy atom. The summed E-state index contributed by atoms with van der Waals surface area (Å²) in [7, 11) is 0. The highest BCUT2D eigenvalue weighted by Crippen LogP contribution is 2.32. The largest absolute Gasteiger partial charge is 0.307 e. The predicted molar refractivity (Wildman–Crippen MR) is 89.8 cm³/mol. The average Bonchev–Trinajstić information content (AvgIpc) is 3.15. The Morgan fingerprint density at radius 1 is 1.38 bits per heavy atom. The van der Waals surface area contributed by atoms with E-state index < -0.39 is 4.92 Å². The van der Waals surface area contributed by atoms with E-state index in [0.717, 1.165) is 22.3 Å². The smallest absolute Gasteiger partial charge is 0.300 e. The number of carbonyl (C=O) groups excluding carboxylic acids is 1. The van der Waals surface area contributed by atoms with Crippen molar-refractivity contribution in [2.45, 2.75) is 13.5 Å². The van der Waals surface area contributed by atoms with Gasteiger partial charge in [0.25, 0.3) is 0 Å². The molecule has 2 aromatic heterocycles. The van der Waals surface area contributed by atoms with Crippen LogP contribution in [0.25, 0.3) is 10.4 Å². The van der Waals surface area contributed by atoms with E-state index in [1.165, 1.54) is 22.2 Å². The van der Waals surface area contributed by atoms with Gasteiger partial charge in [0.15, 0.2) is 5.13 Å². The Labute approximate surface area is 140 Å². The number of aromatic nitrogens is 3. The van der Waals surface area contributed by atoms with Crippen molar-refractivity contribution < 1.29 is 9.72 Å². The van der Waals surface area contributed by atoms with Gasteiger partial charge < -0.3 is 5.32 Å². The first-order valence-electron chi connectivity index (χ1n) is 7.02. The van der Waals surface area contributed by atoms with Crippen molar-refractivity contribution in [3.8, 4) is 10.4 Å². The number of benzene rings is 1. The molecule has 0 atom stereocenters. The highest BCUT2D eigenvalue weighted by atomic mass is 32.1. The maximum Gasteiger partial charge on any atom is 0.307 e. The van der Waals surface area contributed by atoms with Crippen LogP contribution in [-0.2, 0) is 11.3 Å². The van der Waals surface area contributed by atoms with E-state index in [1.54, 1.807) is 0 Å². The number of anilines is 1. The number of thiazole rings is 1. The number of rotatable bonds is 5. The van der Waals surface area contributed by atoms with Gasteiger partial charge in [-0.05, 0) is 12.5 Å². The van der Waals surface area contributed by atoms with Crippen LogP contribution >= 0.6 is 11.3 Å². The van der Waals surface area contributed by atoms with E-state index in [0.29, 0.717) is 5.13 Å². The lowest BCUT2D eigenvalue weighted by atomic mass is 10.2. The number of nitrogens with one attached hydrogen (secondary N) is 1. The molecule has 2 heterocycles. The number of hydrogen-bond donors (Lipinski definition) is 1. The Balaban J connectivity index is 1.69. The molecule has 0 fully saturated rings. The van der Waals surface area contributed by atoms with Crippen LogP contribution in [0.3, 0.4) is 0 Å². The number of amides is 1. The van der Waals surface area contributed by atoms with Crippen LogP contribution in [0.4, 0.5) is 10.8 Å². The molecule has 1 N–H and O–H groups in total. The Hall–Kier alpha value is -3.07. The van der Waals surface area contributed by atoms with Crippen LogP contribution in [0.2, 0.25) is 0 Å². The molecule has 0 unspecified atom stereocenters. The predicted octanol–water partition coefficient (Wildman–Crippen LogP) is 2.86. The van der Waals surface area contributed by atoms with Gasteiger partial charge in [-0.1, -0.05) is 41.7 Å². The summed E-state index contributed by atoms with van der Waals surface area (Å²) in [5.41, 5.74) is 1.71. The van der Waals surface area contributed by atoms with Crippen molar-refractivity contribution >= 4 is 28.1 Å². The van der Waals surface area contributed by atoms with Crippen LogP contribution < -0.4 is 5.32 Å². The molecule has 0 aliphatic rings. The van der Waals surface area contributed by atoms with Gasteiger partial charge in [0.05, 0.1) is 15.5 Å². The standard InChI is InChI=1S/C15H13N5O3S/c1-10-14(11-5-3-2-4-6-11)24-15(17-10)18-13(21)9-19-8-12(7-16-19)20(22)23/h2-8H,9H2,1H3,(H,17,18,21). The van der Waals surface area contributed by atoms with Gasteiger partial charge in [-0.15, -0.1) is 0 Å². The number of nitro groups is 1. The SMILES string of the molecule is Cc1nc(NC(=O)Cn2cc([N+](=O)[O-])cn2)sc1-c1ccccc1. The molecule has 122 valence electrons. The highest BCUT2D eigenvalue weighted by molar-refractivity contribution is 7.19. The molecule has 0 saturated heterocycles. The van der Waals surface area contributed by atoms with E-state index >= 15 is 0 Å². The molecule has 9 heteroatoms. The Bertz CT molecular complexity index is 888. The zero-order chi connectivity index (χ0) is 17.1. The molecule has 3 aromatic rings. The minimum Gasteiger partial charge on any atom is -0.300 e. The first-order chi connectivity index (χ1) is 11.5. The van der Waals surface area contributed by atoms with Crippen molar-refractivity contribution in [3.05, 3.63) is 58.5 Å². The summed E-state index contributed by atoms with van der Waals surface area (Å²) in [5, 5.41) is 17.6. The van der Waals surface area contributed by atoms with Crippen LogP contribution in [0.5, 0.6) is 0 Å². The molecule has 0 saturated carbocycles. The van der Waals surface area contributed by atoms with Crippen LogP contribution in [0.1, 0.15) is 5.69 Å². The Morgan fingerprint density at radius 2 is 2.12 bits per heavy atom. The maximum atomic E-state index is 12.0. The topological polar surface area (TPSA) is 103 Å². The fraction of sp³-hybridized carbons (Fsp3) is 0.133. The molecular formula is C15H13N5O3S. The second kappa shape index (κ2) is 6.59. The maximum absolute atomic E-state index is 12.0. The van der Waals surface area contributed by atoms with E-state index in [1.807, 2.05) is 37.3 Å². The molecule has 1 aromatic carbocycles. The van der Waals surface area contributed by atoms with Gasteiger partial charge in [0.2, 0.25) is 5.91 Å². The Kier molecular flexibility index (Phi) is 4.34. The van der Waals surface area contributed by atoms with Crippen molar-refractivity contribution in [1.29, 1.82) is 0 Å². The molecule has 0 aliphatic carbocycles. The molecule has 0 spiro atoms. The molecule has 1 amide bonds. The number of nitrogens with zero attached hydrogens (tertiary/aromatic N) is 4. The fourth-order valence-corrected chi connectivity index (χ4v) is 3.13. The summed E-state index contributed by atoms with van der Waals surface area (Å²) < 4.78 is 1.21. The van der Waals surface area contributed by atoms with Crippen molar-refractivity contribution in [2.24, 2.45) is 0 Å². The summed E-state index contributed by atoms with van der Waals surface area (Å²) in [6.45, 7) is 1.76. The number of hydrogen-bond acceptors (Lipinski definition) is 6. The van der Waals surface area contributed by atoms with Gasteiger partial charge in [0, 0.05) is 0 Å². The lowest BCUT2D eigenvalue weighted by Crippen LogP contribution is -2.18. The molecule has 3 rings (SSSR count). The summed E-state index contributed by atoms with van der Waals surface area (Å²) >= 11 is 1.38. The molecule has 0 radical (unpaired) electrons. The van der Waals surface area contributed by atoms with Crippen LogP contribution in [-0.4, -0.2) is 25.6 Å². The lowest BCUT2D eigenvalue weighted by Gasteiger charge is -2.01. The number of carbonyl (C=O) groups is 1. The van der Waals surface area contributed by atoms with Crippen LogP contribution in [0, 0.1) is 17.0 Å². The number of aryl methyl sites for hydroxylation is 1. The monoisotopic (exact) mass is 343 g/mol. The third kappa shape index (κ3) is 3.46. The second-order valence-electron chi connectivity index (χ2n) is 5.00. The van der Waals surface area contributed by atoms with E-state index in [9.17, 15) is 14.9 Å². The van der Waals surface area contributed by atoms with E-state index in [4.69, 9.17) is 0 Å². The quantitative estimate of drug-likeness (QED) is 0.567. The first-order valence-corrected chi connectivity index (χ1v) is 7.84. The zero-order valence-electron chi connectivity index (χ0n) is 12.7. The minimum atomic E-state index is -0.558. The third-order valence-electron chi connectivity index (χ3n) is 3.21.